The number of nitrogens with zero attached hydrogens (tertiary/aromatic N) is 2. The van der Waals surface area contributed by atoms with Gasteiger partial charge in [-0.15, -0.1) is 24.0 Å². The summed E-state index contributed by atoms with van der Waals surface area (Å²) in [5, 5.41) is 7.12. The highest BCUT2D eigenvalue weighted by Crippen LogP contribution is 2.51. The molecule has 1 amide bonds. The first-order valence-electron chi connectivity index (χ1n) is 10.4. The Bertz CT molecular complexity index is 532. The molecule has 27 heavy (non-hydrogen) atoms. The van der Waals surface area contributed by atoms with E-state index >= 15 is 0 Å². The Morgan fingerprint density at radius 2 is 1.96 bits per heavy atom. The van der Waals surface area contributed by atoms with Crippen LogP contribution in [-0.2, 0) is 9.53 Å². The summed E-state index contributed by atoms with van der Waals surface area (Å²) in [6.07, 6.45) is 4.89. The van der Waals surface area contributed by atoms with E-state index in [1.165, 1.54) is 6.42 Å². The van der Waals surface area contributed by atoms with E-state index in [2.05, 4.69) is 31.4 Å². The fraction of sp³-hybridized carbons (Fsp3) is 0.900. The van der Waals surface area contributed by atoms with Crippen LogP contribution in [0.4, 0.5) is 0 Å². The second-order valence-corrected chi connectivity index (χ2v) is 8.71. The van der Waals surface area contributed by atoms with Crippen molar-refractivity contribution in [2.24, 2.45) is 22.2 Å². The Morgan fingerprint density at radius 1 is 1.26 bits per heavy atom. The lowest BCUT2D eigenvalue weighted by Gasteiger charge is -2.60. The summed E-state index contributed by atoms with van der Waals surface area (Å²) in [4.78, 5) is 18.3. The maximum Gasteiger partial charge on any atom is 0.219 e. The summed E-state index contributed by atoms with van der Waals surface area (Å²) in [6, 6.07) is 0.421. The molecule has 3 atom stereocenters. The van der Waals surface area contributed by atoms with E-state index in [4.69, 9.17) is 9.73 Å². The number of nitrogens with one attached hydrogen (secondary N) is 2. The number of ether oxygens (including phenoxy) is 1. The summed E-state index contributed by atoms with van der Waals surface area (Å²) in [5.41, 5.74) is 0.147. The number of likely N-dealkylation sites (tertiary alicyclic amines) is 1. The fourth-order valence-corrected chi connectivity index (χ4v) is 4.93. The molecule has 7 heteroatoms. The third-order valence-corrected chi connectivity index (χ3v) is 6.53. The molecule has 6 nitrogen and oxygen atoms in total. The van der Waals surface area contributed by atoms with Crippen molar-refractivity contribution < 1.29 is 9.53 Å². The minimum absolute atomic E-state index is 0. The van der Waals surface area contributed by atoms with Crippen molar-refractivity contribution in [1.29, 1.82) is 0 Å². The number of aliphatic imine (C=N–C) groups is 1. The molecule has 156 valence electrons. The maximum absolute atomic E-state index is 11.5. The topological polar surface area (TPSA) is 66.0 Å². The van der Waals surface area contributed by atoms with Crippen LogP contribution in [0.25, 0.3) is 0 Å². The zero-order valence-electron chi connectivity index (χ0n) is 17.3. The third kappa shape index (κ3) is 5.08. The highest BCUT2D eigenvalue weighted by molar-refractivity contribution is 14.0. The normalized spacial score (nSPS) is 30.6. The summed E-state index contributed by atoms with van der Waals surface area (Å²) in [6.45, 7) is 12.7. The number of hydrogen-bond acceptors (Lipinski definition) is 3. The molecule has 3 unspecified atom stereocenters. The molecule has 3 aliphatic rings. The van der Waals surface area contributed by atoms with E-state index in [0.717, 1.165) is 58.0 Å². The number of carbonyl (C=O) groups is 1. The van der Waals surface area contributed by atoms with Gasteiger partial charge in [-0.1, -0.05) is 13.8 Å². The number of amides is 1. The Morgan fingerprint density at radius 3 is 2.59 bits per heavy atom. The summed E-state index contributed by atoms with van der Waals surface area (Å²) >= 11 is 0. The number of rotatable bonds is 4. The molecular weight excluding hydrogens is 455 g/mol. The molecule has 2 heterocycles. The smallest absolute Gasteiger partial charge is 0.219 e. The van der Waals surface area contributed by atoms with Crippen LogP contribution in [-0.4, -0.2) is 61.7 Å². The van der Waals surface area contributed by atoms with Gasteiger partial charge in [-0.05, 0) is 38.5 Å². The fourth-order valence-electron chi connectivity index (χ4n) is 4.93. The molecule has 0 aromatic rings. The van der Waals surface area contributed by atoms with Crippen LogP contribution in [0.15, 0.2) is 4.99 Å². The van der Waals surface area contributed by atoms with Gasteiger partial charge >= 0.3 is 0 Å². The van der Waals surface area contributed by atoms with E-state index in [1.54, 1.807) is 6.92 Å². The Balaban J connectivity index is 0.00000261. The quantitative estimate of drug-likeness (QED) is 0.360. The summed E-state index contributed by atoms with van der Waals surface area (Å²) in [5.74, 6) is 2.30. The van der Waals surface area contributed by atoms with Gasteiger partial charge < -0.3 is 20.3 Å². The first kappa shape index (κ1) is 22.7. The zero-order valence-corrected chi connectivity index (χ0v) is 19.6. The van der Waals surface area contributed by atoms with Crippen molar-refractivity contribution in [3.63, 3.8) is 0 Å². The van der Waals surface area contributed by atoms with Gasteiger partial charge in [0.15, 0.2) is 5.96 Å². The lowest BCUT2D eigenvalue weighted by atomic mass is 9.55. The van der Waals surface area contributed by atoms with E-state index in [9.17, 15) is 4.79 Å². The van der Waals surface area contributed by atoms with Gasteiger partial charge in [0.05, 0.1) is 6.10 Å². The highest BCUT2D eigenvalue weighted by Gasteiger charge is 2.58. The number of fused-ring (bicyclic) bond motifs is 1. The minimum atomic E-state index is 0. The molecule has 2 N–H and O–H groups in total. The number of hydrogen-bond donors (Lipinski definition) is 2. The lowest BCUT2D eigenvalue weighted by Crippen LogP contribution is -2.71. The van der Waals surface area contributed by atoms with Gasteiger partial charge in [0.25, 0.3) is 0 Å². The highest BCUT2D eigenvalue weighted by atomic mass is 127. The first-order valence-corrected chi connectivity index (χ1v) is 10.4. The maximum atomic E-state index is 11.5. The van der Waals surface area contributed by atoms with E-state index in [1.807, 2.05) is 4.90 Å². The molecule has 0 radical (unpaired) electrons. The molecule has 2 aliphatic heterocycles. The van der Waals surface area contributed by atoms with E-state index in [-0.39, 0.29) is 35.3 Å². The average Bonchev–Trinajstić information content (AvgIpc) is 2.64. The molecule has 3 rings (SSSR count). The van der Waals surface area contributed by atoms with Crippen molar-refractivity contribution in [1.82, 2.24) is 15.5 Å². The van der Waals surface area contributed by atoms with E-state index in [0.29, 0.717) is 24.0 Å². The predicted molar refractivity (Wildman–Crippen MR) is 120 cm³/mol. The van der Waals surface area contributed by atoms with Crippen LogP contribution < -0.4 is 10.6 Å². The number of guanidine groups is 1. The van der Waals surface area contributed by atoms with Crippen LogP contribution in [0.5, 0.6) is 0 Å². The molecule has 2 saturated heterocycles. The SMILES string of the molecule is CCNC(=NCC1CCN(C(C)=O)CC1)NC1C2CCCOC2C1(C)C.I. The van der Waals surface area contributed by atoms with Crippen LogP contribution in [0.2, 0.25) is 0 Å². The minimum Gasteiger partial charge on any atom is -0.377 e. The second kappa shape index (κ2) is 9.76. The number of halogens is 1. The largest absolute Gasteiger partial charge is 0.377 e. The van der Waals surface area contributed by atoms with Gasteiger partial charge in [0, 0.05) is 57.1 Å². The van der Waals surface area contributed by atoms with Gasteiger partial charge in [0.2, 0.25) is 5.91 Å². The van der Waals surface area contributed by atoms with Crippen molar-refractivity contribution in [2.45, 2.75) is 65.5 Å². The van der Waals surface area contributed by atoms with Crippen molar-refractivity contribution in [3.8, 4) is 0 Å². The second-order valence-electron chi connectivity index (χ2n) is 8.71. The van der Waals surface area contributed by atoms with Crippen LogP contribution in [0.3, 0.4) is 0 Å². The van der Waals surface area contributed by atoms with Crippen molar-refractivity contribution in [3.05, 3.63) is 0 Å². The van der Waals surface area contributed by atoms with Crippen molar-refractivity contribution in [2.75, 3.05) is 32.8 Å². The number of carbonyl (C=O) groups excluding carboxylic acids is 1. The molecule has 3 fully saturated rings. The molecule has 0 spiro atoms. The third-order valence-electron chi connectivity index (χ3n) is 6.53. The Hall–Kier alpha value is -0.570. The van der Waals surface area contributed by atoms with Gasteiger partial charge in [0.1, 0.15) is 0 Å². The molecule has 0 bridgehead atoms. The van der Waals surface area contributed by atoms with Gasteiger partial charge in [-0.2, -0.15) is 0 Å². The Kier molecular flexibility index (Phi) is 8.21. The molecule has 1 saturated carbocycles. The molecule has 0 aromatic heterocycles. The Labute approximate surface area is 181 Å². The number of piperidine rings is 1. The van der Waals surface area contributed by atoms with Gasteiger partial charge in [-0.3, -0.25) is 9.79 Å². The van der Waals surface area contributed by atoms with Crippen LogP contribution >= 0.6 is 24.0 Å². The van der Waals surface area contributed by atoms with Crippen LogP contribution in [0.1, 0.15) is 53.4 Å². The van der Waals surface area contributed by atoms with E-state index < -0.39 is 0 Å². The average molecular weight is 492 g/mol. The summed E-state index contributed by atoms with van der Waals surface area (Å²) < 4.78 is 6.02. The predicted octanol–water partition coefficient (Wildman–Crippen LogP) is 2.62. The molecular formula is C20H37IN4O2. The van der Waals surface area contributed by atoms with Crippen molar-refractivity contribution >= 4 is 35.8 Å². The summed E-state index contributed by atoms with van der Waals surface area (Å²) in [7, 11) is 0. The molecule has 0 aromatic carbocycles. The van der Waals surface area contributed by atoms with Gasteiger partial charge in [-0.25, -0.2) is 0 Å². The lowest BCUT2D eigenvalue weighted by molar-refractivity contribution is -0.188. The monoisotopic (exact) mass is 492 g/mol. The van der Waals surface area contributed by atoms with Crippen LogP contribution in [0, 0.1) is 17.3 Å². The standard InChI is InChI=1S/C20H36N4O2.HI/c1-5-21-19(22-13-15-8-10-24(11-9-15)14(2)25)23-17-16-7-6-12-26-18(16)20(17,3)4;/h15-18H,5-13H2,1-4H3,(H2,21,22,23);1H. The molecule has 1 aliphatic carbocycles. The zero-order chi connectivity index (χ0) is 18.7. The first-order chi connectivity index (χ1) is 12.4.